The third kappa shape index (κ3) is 9.60. The van der Waals surface area contributed by atoms with Gasteiger partial charge in [0.25, 0.3) is 10.0 Å². The van der Waals surface area contributed by atoms with E-state index in [0.717, 1.165) is 21.0 Å². The number of anilines is 1. The van der Waals surface area contributed by atoms with E-state index in [0.29, 0.717) is 23.8 Å². The normalized spacial score (nSPS) is 12.1. The fraction of sp³-hybridized carbons (Fsp3) is 0.316. The first-order valence-electron chi connectivity index (χ1n) is 15.9. The molecule has 9 nitrogen and oxygen atoms in total. The van der Waals surface area contributed by atoms with Crippen LogP contribution >= 0.6 is 0 Å². The molecular weight excluding hydrogens is 627 g/mol. The van der Waals surface area contributed by atoms with Gasteiger partial charge in [0, 0.05) is 18.5 Å². The number of amides is 2. The summed E-state index contributed by atoms with van der Waals surface area (Å²) in [5.41, 5.74) is 2.25. The van der Waals surface area contributed by atoms with Crippen LogP contribution in [0.1, 0.15) is 44.4 Å². The number of nitrogens with one attached hydrogen (secondary N) is 1. The van der Waals surface area contributed by atoms with Crippen LogP contribution in [0.4, 0.5) is 5.69 Å². The van der Waals surface area contributed by atoms with E-state index >= 15 is 0 Å². The highest BCUT2D eigenvalue weighted by molar-refractivity contribution is 7.92. The number of carbonyl (C=O) groups is 2. The molecule has 0 saturated heterocycles. The SMILES string of the molecule is CCOc1ccc(S(=O)(=O)N(CC(=O)N(Cc2cccc(OC)c2)[C@H](Cc2ccccc2)C(=O)NC(C)(C)C)c2ccc(C)cc2)cc1. The van der Waals surface area contributed by atoms with Crippen LogP contribution in [0, 0.1) is 6.92 Å². The fourth-order valence-corrected chi connectivity index (χ4v) is 6.63. The molecule has 2 amide bonds. The minimum Gasteiger partial charge on any atom is -0.497 e. The molecule has 0 aromatic heterocycles. The van der Waals surface area contributed by atoms with Crippen LogP contribution in [0.2, 0.25) is 0 Å². The van der Waals surface area contributed by atoms with Crippen molar-refractivity contribution < 1.29 is 27.5 Å². The summed E-state index contributed by atoms with van der Waals surface area (Å²) in [6, 6.07) is 28.8. The molecule has 48 heavy (non-hydrogen) atoms. The lowest BCUT2D eigenvalue weighted by atomic mass is 10.0. The van der Waals surface area contributed by atoms with Crippen molar-refractivity contribution in [3.05, 3.63) is 120 Å². The predicted octanol–water partition coefficient (Wildman–Crippen LogP) is 6.15. The Morgan fingerprint density at radius 3 is 2.08 bits per heavy atom. The summed E-state index contributed by atoms with van der Waals surface area (Å²) < 4.78 is 40.6. The number of ether oxygens (including phenoxy) is 2. The molecule has 0 fully saturated rings. The Labute approximate surface area is 284 Å². The molecule has 0 bridgehead atoms. The molecule has 0 saturated carbocycles. The molecule has 4 aromatic carbocycles. The highest BCUT2D eigenvalue weighted by atomic mass is 32.2. The minimum atomic E-state index is -4.23. The number of methoxy groups -OCH3 is 1. The number of sulfonamides is 1. The van der Waals surface area contributed by atoms with Gasteiger partial charge in [0.2, 0.25) is 11.8 Å². The second-order valence-corrected chi connectivity index (χ2v) is 14.4. The molecule has 0 spiro atoms. The van der Waals surface area contributed by atoms with E-state index in [1.807, 2.05) is 77.1 Å². The second kappa shape index (κ2) is 15.8. The summed E-state index contributed by atoms with van der Waals surface area (Å²) in [4.78, 5) is 30.2. The van der Waals surface area contributed by atoms with Crippen molar-refractivity contribution in [2.45, 2.75) is 64.1 Å². The van der Waals surface area contributed by atoms with Gasteiger partial charge in [-0.15, -0.1) is 0 Å². The number of rotatable bonds is 14. The molecule has 10 heteroatoms. The largest absolute Gasteiger partial charge is 0.497 e. The lowest BCUT2D eigenvalue weighted by Crippen LogP contribution is -2.56. The van der Waals surface area contributed by atoms with Crippen LogP contribution < -0.4 is 19.1 Å². The van der Waals surface area contributed by atoms with Crippen LogP contribution in [-0.4, -0.2) is 57.0 Å². The third-order valence-corrected chi connectivity index (χ3v) is 9.37. The van der Waals surface area contributed by atoms with Gasteiger partial charge in [0.1, 0.15) is 24.1 Å². The second-order valence-electron chi connectivity index (χ2n) is 12.6. The first-order valence-corrected chi connectivity index (χ1v) is 17.4. The quantitative estimate of drug-likeness (QED) is 0.172. The minimum absolute atomic E-state index is 0.00462. The average Bonchev–Trinajstić information content (AvgIpc) is 3.05. The summed E-state index contributed by atoms with van der Waals surface area (Å²) in [6.45, 7) is 9.31. The molecule has 1 N–H and O–H groups in total. The molecule has 0 aliphatic rings. The van der Waals surface area contributed by atoms with Crippen molar-refractivity contribution in [2.75, 3.05) is 24.6 Å². The number of aryl methyl sites for hydroxylation is 1. The van der Waals surface area contributed by atoms with Crippen LogP contribution in [0.15, 0.2) is 108 Å². The van der Waals surface area contributed by atoms with E-state index in [-0.39, 0.29) is 23.8 Å². The van der Waals surface area contributed by atoms with Gasteiger partial charge in [0.15, 0.2) is 0 Å². The lowest BCUT2D eigenvalue weighted by Gasteiger charge is -2.35. The predicted molar refractivity (Wildman–Crippen MR) is 189 cm³/mol. The van der Waals surface area contributed by atoms with Crippen LogP contribution in [0.3, 0.4) is 0 Å². The van der Waals surface area contributed by atoms with Crippen molar-refractivity contribution in [1.29, 1.82) is 0 Å². The third-order valence-electron chi connectivity index (χ3n) is 7.58. The molecule has 1 atom stereocenters. The van der Waals surface area contributed by atoms with Crippen molar-refractivity contribution >= 4 is 27.5 Å². The fourth-order valence-electron chi connectivity index (χ4n) is 5.22. The van der Waals surface area contributed by atoms with E-state index in [4.69, 9.17) is 9.47 Å². The molecule has 4 aromatic rings. The zero-order chi connectivity index (χ0) is 34.9. The Kier molecular flexibility index (Phi) is 11.9. The van der Waals surface area contributed by atoms with Gasteiger partial charge in [-0.2, -0.15) is 0 Å². The van der Waals surface area contributed by atoms with Crippen molar-refractivity contribution in [3.8, 4) is 11.5 Å². The smallest absolute Gasteiger partial charge is 0.264 e. The summed E-state index contributed by atoms with van der Waals surface area (Å²) in [5.74, 6) is 0.238. The number of hydrogen-bond acceptors (Lipinski definition) is 6. The van der Waals surface area contributed by atoms with Gasteiger partial charge in [-0.3, -0.25) is 13.9 Å². The Balaban J connectivity index is 1.81. The molecule has 0 radical (unpaired) electrons. The van der Waals surface area contributed by atoms with Crippen molar-refractivity contribution in [3.63, 3.8) is 0 Å². The van der Waals surface area contributed by atoms with Crippen molar-refractivity contribution in [1.82, 2.24) is 10.2 Å². The first-order chi connectivity index (χ1) is 22.8. The standard InChI is InChI=1S/C38H45N3O6S/c1-7-47-32-20-22-34(23-21-32)48(44,45)41(31-18-16-28(2)17-19-31)27-36(42)40(26-30-14-11-15-33(24-30)46-6)35(37(43)39-38(3,4)5)25-29-12-9-8-10-13-29/h8-24,35H,7,25-27H2,1-6H3,(H,39,43)/t35-/m1/s1. The van der Waals surface area contributed by atoms with Gasteiger partial charge < -0.3 is 19.7 Å². The van der Waals surface area contributed by atoms with Crippen molar-refractivity contribution in [2.24, 2.45) is 0 Å². The molecule has 4 rings (SSSR count). The Bertz CT molecular complexity index is 1770. The molecular formula is C38H45N3O6S. The first kappa shape index (κ1) is 36.0. The zero-order valence-corrected chi connectivity index (χ0v) is 29.3. The Morgan fingerprint density at radius 1 is 0.833 bits per heavy atom. The van der Waals surface area contributed by atoms with Gasteiger partial charge in [-0.05, 0) is 94.3 Å². The van der Waals surface area contributed by atoms with Crippen LogP contribution in [-0.2, 0) is 32.6 Å². The maximum absolute atomic E-state index is 14.7. The highest BCUT2D eigenvalue weighted by Gasteiger charge is 2.35. The zero-order valence-electron chi connectivity index (χ0n) is 28.5. The average molecular weight is 672 g/mol. The number of nitrogens with zero attached hydrogens (tertiary/aromatic N) is 2. The molecule has 0 aliphatic heterocycles. The van der Waals surface area contributed by atoms with E-state index in [9.17, 15) is 18.0 Å². The van der Waals surface area contributed by atoms with E-state index < -0.39 is 34.1 Å². The molecule has 0 aliphatic carbocycles. The van der Waals surface area contributed by atoms with Gasteiger partial charge in [-0.1, -0.05) is 60.2 Å². The maximum Gasteiger partial charge on any atom is 0.264 e. The summed E-state index contributed by atoms with van der Waals surface area (Å²) in [5, 5.41) is 3.04. The number of carbonyl (C=O) groups excluding carboxylic acids is 2. The molecule has 254 valence electrons. The monoisotopic (exact) mass is 671 g/mol. The maximum atomic E-state index is 14.7. The number of benzene rings is 4. The molecule has 0 heterocycles. The van der Waals surface area contributed by atoms with E-state index in [2.05, 4.69) is 5.32 Å². The molecule has 0 unspecified atom stereocenters. The van der Waals surface area contributed by atoms with Gasteiger partial charge >= 0.3 is 0 Å². The van der Waals surface area contributed by atoms with E-state index in [1.165, 1.54) is 17.0 Å². The summed E-state index contributed by atoms with van der Waals surface area (Å²) in [7, 11) is -2.68. The number of hydrogen-bond donors (Lipinski definition) is 1. The van der Waals surface area contributed by atoms with Gasteiger partial charge in [0.05, 0.1) is 24.3 Å². The van der Waals surface area contributed by atoms with E-state index in [1.54, 1.807) is 55.6 Å². The summed E-state index contributed by atoms with van der Waals surface area (Å²) in [6.07, 6.45) is 0.217. The highest BCUT2D eigenvalue weighted by Crippen LogP contribution is 2.27. The topological polar surface area (TPSA) is 105 Å². The summed E-state index contributed by atoms with van der Waals surface area (Å²) >= 11 is 0. The van der Waals surface area contributed by atoms with Crippen LogP contribution in [0.5, 0.6) is 11.5 Å². The Morgan fingerprint density at radius 2 is 1.48 bits per heavy atom. The Hall–Kier alpha value is -4.83. The lowest BCUT2D eigenvalue weighted by molar-refractivity contribution is -0.140. The van der Waals surface area contributed by atoms with Crippen LogP contribution in [0.25, 0.3) is 0 Å². The van der Waals surface area contributed by atoms with Gasteiger partial charge in [-0.25, -0.2) is 8.42 Å².